The molecule has 0 radical (unpaired) electrons. The summed E-state index contributed by atoms with van der Waals surface area (Å²) in [6.45, 7) is 0.885. The average molecular weight is 326 g/mol. The van der Waals surface area contributed by atoms with E-state index in [0.717, 1.165) is 17.0 Å². The molecule has 0 saturated carbocycles. The lowest BCUT2D eigenvalue weighted by Crippen LogP contribution is -2.26. The zero-order chi connectivity index (χ0) is 16.9. The van der Waals surface area contributed by atoms with E-state index in [0.29, 0.717) is 24.4 Å². The van der Waals surface area contributed by atoms with Crippen LogP contribution in [0, 0.1) is 0 Å². The fourth-order valence-corrected chi connectivity index (χ4v) is 2.41. The Balaban J connectivity index is 1.98. The van der Waals surface area contributed by atoms with Gasteiger partial charge < -0.3 is 14.8 Å². The molecule has 1 N–H and O–H groups in total. The van der Waals surface area contributed by atoms with Gasteiger partial charge in [0.25, 0.3) is 5.91 Å². The van der Waals surface area contributed by atoms with E-state index in [4.69, 9.17) is 9.47 Å². The van der Waals surface area contributed by atoms with E-state index in [-0.39, 0.29) is 5.91 Å². The Bertz CT molecular complexity index is 860. The van der Waals surface area contributed by atoms with E-state index in [2.05, 4.69) is 15.4 Å². The second-order valence-electron chi connectivity index (χ2n) is 5.10. The number of ether oxygens (including phenoxy) is 2. The van der Waals surface area contributed by atoms with Gasteiger partial charge in [-0.2, -0.15) is 5.10 Å². The second kappa shape index (κ2) is 7.10. The molecule has 0 bridgehead atoms. The molecule has 124 valence electrons. The molecule has 7 nitrogen and oxygen atoms in total. The third-order valence-electron chi connectivity index (χ3n) is 3.60. The molecule has 0 atom stereocenters. The SMILES string of the molecule is COCCNC(=O)c1cnn2c(-c3cccc(OC)c3)ccnc12. The van der Waals surface area contributed by atoms with E-state index in [1.165, 1.54) is 6.20 Å². The monoisotopic (exact) mass is 326 g/mol. The standard InChI is InChI=1S/C17H18N4O3/c1-23-9-8-19-17(22)14-11-20-21-15(6-7-18-16(14)21)12-4-3-5-13(10-12)24-2/h3-7,10-11H,8-9H2,1-2H3,(H,19,22). The van der Waals surface area contributed by atoms with Crippen molar-refractivity contribution in [3.8, 4) is 17.0 Å². The van der Waals surface area contributed by atoms with Crippen molar-refractivity contribution in [1.29, 1.82) is 0 Å². The van der Waals surface area contributed by atoms with Gasteiger partial charge in [-0.1, -0.05) is 12.1 Å². The summed E-state index contributed by atoms with van der Waals surface area (Å²) in [6, 6.07) is 9.50. The number of hydrogen-bond acceptors (Lipinski definition) is 5. The van der Waals surface area contributed by atoms with E-state index in [1.54, 1.807) is 24.9 Å². The van der Waals surface area contributed by atoms with Gasteiger partial charge in [0.05, 0.1) is 25.6 Å². The summed E-state index contributed by atoms with van der Waals surface area (Å²) in [5.41, 5.74) is 2.69. The highest BCUT2D eigenvalue weighted by Gasteiger charge is 2.16. The maximum atomic E-state index is 12.3. The molecule has 0 aliphatic carbocycles. The van der Waals surface area contributed by atoms with Gasteiger partial charge in [0, 0.05) is 25.4 Å². The molecule has 1 aromatic carbocycles. The van der Waals surface area contributed by atoms with Crippen molar-refractivity contribution in [2.75, 3.05) is 27.4 Å². The van der Waals surface area contributed by atoms with Gasteiger partial charge in [0.2, 0.25) is 0 Å². The number of hydrogen-bond donors (Lipinski definition) is 1. The molecule has 2 heterocycles. The molecule has 2 aromatic heterocycles. The normalized spacial score (nSPS) is 10.8. The molecule has 0 unspecified atom stereocenters. The summed E-state index contributed by atoms with van der Waals surface area (Å²) in [5.74, 6) is 0.527. The van der Waals surface area contributed by atoms with Crippen LogP contribution in [-0.4, -0.2) is 47.9 Å². The van der Waals surface area contributed by atoms with Gasteiger partial charge in [0.1, 0.15) is 11.3 Å². The minimum absolute atomic E-state index is 0.225. The number of nitrogens with one attached hydrogen (secondary N) is 1. The van der Waals surface area contributed by atoms with Crippen molar-refractivity contribution in [2.45, 2.75) is 0 Å². The van der Waals surface area contributed by atoms with Crippen LogP contribution in [0.25, 0.3) is 16.9 Å². The zero-order valence-electron chi connectivity index (χ0n) is 13.5. The van der Waals surface area contributed by atoms with Crippen molar-refractivity contribution in [1.82, 2.24) is 19.9 Å². The Morgan fingerprint density at radius 2 is 2.17 bits per heavy atom. The van der Waals surface area contributed by atoms with Crippen LogP contribution in [0.5, 0.6) is 5.75 Å². The summed E-state index contributed by atoms with van der Waals surface area (Å²) in [4.78, 5) is 16.6. The zero-order valence-corrected chi connectivity index (χ0v) is 13.5. The lowest BCUT2D eigenvalue weighted by molar-refractivity contribution is 0.0938. The molecule has 0 aliphatic rings. The molecule has 7 heteroatoms. The first kappa shape index (κ1) is 15.9. The Morgan fingerprint density at radius 3 is 2.96 bits per heavy atom. The van der Waals surface area contributed by atoms with Gasteiger partial charge in [-0.25, -0.2) is 9.50 Å². The quantitative estimate of drug-likeness (QED) is 0.699. The highest BCUT2D eigenvalue weighted by Crippen LogP contribution is 2.24. The maximum Gasteiger partial charge on any atom is 0.256 e. The van der Waals surface area contributed by atoms with E-state index in [1.807, 2.05) is 30.3 Å². The number of carbonyl (C=O) groups is 1. The van der Waals surface area contributed by atoms with Crippen LogP contribution in [-0.2, 0) is 4.74 Å². The van der Waals surface area contributed by atoms with Crippen LogP contribution < -0.4 is 10.1 Å². The molecule has 3 rings (SSSR count). The number of nitrogens with zero attached hydrogens (tertiary/aromatic N) is 3. The number of rotatable bonds is 6. The first-order valence-corrected chi connectivity index (χ1v) is 7.49. The third kappa shape index (κ3) is 3.07. The Kier molecular flexibility index (Phi) is 4.72. The number of methoxy groups -OCH3 is 2. The van der Waals surface area contributed by atoms with Crippen molar-refractivity contribution in [3.05, 3.63) is 48.3 Å². The van der Waals surface area contributed by atoms with Crippen LogP contribution in [0.3, 0.4) is 0 Å². The van der Waals surface area contributed by atoms with Gasteiger partial charge >= 0.3 is 0 Å². The maximum absolute atomic E-state index is 12.3. The van der Waals surface area contributed by atoms with Crippen molar-refractivity contribution in [3.63, 3.8) is 0 Å². The van der Waals surface area contributed by atoms with Crippen molar-refractivity contribution >= 4 is 11.6 Å². The minimum atomic E-state index is -0.225. The number of aromatic nitrogens is 3. The largest absolute Gasteiger partial charge is 0.497 e. The molecular formula is C17H18N4O3. The topological polar surface area (TPSA) is 77.8 Å². The van der Waals surface area contributed by atoms with E-state index >= 15 is 0 Å². The highest BCUT2D eigenvalue weighted by molar-refractivity contribution is 5.99. The predicted octanol–water partition coefficient (Wildman–Crippen LogP) is 1.78. The van der Waals surface area contributed by atoms with E-state index in [9.17, 15) is 4.79 Å². The van der Waals surface area contributed by atoms with Crippen molar-refractivity contribution < 1.29 is 14.3 Å². The summed E-state index contributed by atoms with van der Waals surface area (Å²) in [6.07, 6.45) is 3.19. The predicted molar refractivity (Wildman–Crippen MR) is 89.2 cm³/mol. The van der Waals surface area contributed by atoms with Gasteiger partial charge in [0.15, 0.2) is 5.65 Å². The van der Waals surface area contributed by atoms with Crippen LogP contribution in [0.2, 0.25) is 0 Å². The van der Waals surface area contributed by atoms with Gasteiger partial charge in [-0.3, -0.25) is 4.79 Å². The van der Waals surface area contributed by atoms with E-state index < -0.39 is 0 Å². The number of fused-ring (bicyclic) bond motifs is 1. The summed E-state index contributed by atoms with van der Waals surface area (Å²) >= 11 is 0. The first-order valence-electron chi connectivity index (χ1n) is 7.49. The molecule has 0 aliphatic heterocycles. The molecule has 1 amide bonds. The lowest BCUT2D eigenvalue weighted by Gasteiger charge is -2.07. The second-order valence-corrected chi connectivity index (χ2v) is 5.10. The Hall–Kier alpha value is -2.93. The molecule has 0 spiro atoms. The molecule has 0 saturated heterocycles. The van der Waals surface area contributed by atoms with Crippen LogP contribution >= 0.6 is 0 Å². The average Bonchev–Trinajstić information content (AvgIpc) is 3.06. The summed E-state index contributed by atoms with van der Waals surface area (Å²) in [5, 5.41) is 7.10. The minimum Gasteiger partial charge on any atom is -0.497 e. The molecule has 24 heavy (non-hydrogen) atoms. The number of carbonyl (C=O) groups excluding carboxylic acids is 1. The fourth-order valence-electron chi connectivity index (χ4n) is 2.41. The highest BCUT2D eigenvalue weighted by atomic mass is 16.5. The molecule has 3 aromatic rings. The summed E-state index contributed by atoms with van der Waals surface area (Å²) < 4.78 is 11.9. The molecular weight excluding hydrogens is 308 g/mol. The number of benzene rings is 1. The summed E-state index contributed by atoms with van der Waals surface area (Å²) in [7, 11) is 3.21. The lowest BCUT2D eigenvalue weighted by atomic mass is 10.1. The number of amides is 1. The first-order chi connectivity index (χ1) is 11.7. The van der Waals surface area contributed by atoms with Gasteiger partial charge in [-0.05, 0) is 18.2 Å². The van der Waals surface area contributed by atoms with Gasteiger partial charge in [-0.15, -0.1) is 0 Å². The van der Waals surface area contributed by atoms with Crippen LogP contribution in [0.15, 0.2) is 42.7 Å². The van der Waals surface area contributed by atoms with Crippen LogP contribution in [0.4, 0.5) is 0 Å². The molecule has 0 fully saturated rings. The third-order valence-corrected chi connectivity index (χ3v) is 3.60. The Labute approximate surface area is 139 Å². The van der Waals surface area contributed by atoms with Crippen LogP contribution in [0.1, 0.15) is 10.4 Å². The fraction of sp³-hybridized carbons (Fsp3) is 0.235. The van der Waals surface area contributed by atoms with Crippen molar-refractivity contribution in [2.24, 2.45) is 0 Å². The Morgan fingerprint density at radius 1 is 1.29 bits per heavy atom. The smallest absolute Gasteiger partial charge is 0.256 e.